The lowest BCUT2D eigenvalue weighted by Crippen LogP contribution is -2.45. The molecule has 0 bridgehead atoms. The van der Waals surface area contributed by atoms with E-state index in [0.717, 1.165) is 51.4 Å². The lowest BCUT2D eigenvalue weighted by molar-refractivity contribution is -0.123. The van der Waals surface area contributed by atoms with Crippen LogP contribution in [0, 0.1) is 0 Å². The molecular formula is C42H77NO3. The molecule has 0 aliphatic rings. The second kappa shape index (κ2) is 37.8. The van der Waals surface area contributed by atoms with Crippen LogP contribution in [0.15, 0.2) is 48.6 Å². The van der Waals surface area contributed by atoms with E-state index < -0.39 is 12.1 Å². The summed E-state index contributed by atoms with van der Waals surface area (Å²) >= 11 is 0. The van der Waals surface area contributed by atoms with Gasteiger partial charge in [-0.05, 0) is 64.2 Å². The van der Waals surface area contributed by atoms with Gasteiger partial charge in [0.2, 0.25) is 5.91 Å². The minimum absolute atomic E-state index is 0.0896. The third-order valence-electron chi connectivity index (χ3n) is 8.78. The van der Waals surface area contributed by atoms with E-state index >= 15 is 0 Å². The summed E-state index contributed by atoms with van der Waals surface area (Å²) in [6.45, 7) is 4.26. The number of rotatable bonds is 35. The summed E-state index contributed by atoms with van der Waals surface area (Å²) in [5.41, 5.74) is 0. The van der Waals surface area contributed by atoms with Crippen molar-refractivity contribution < 1.29 is 15.0 Å². The van der Waals surface area contributed by atoms with Crippen LogP contribution >= 0.6 is 0 Å². The number of hydrogen-bond acceptors (Lipinski definition) is 3. The fourth-order valence-electron chi connectivity index (χ4n) is 5.69. The Hall–Kier alpha value is -1.65. The highest BCUT2D eigenvalue weighted by Gasteiger charge is 2.17. The molecule has 0 aliphatic carbocycles. The van der Waals surface area contributed by atoms with Crippen molar-refractivity contribution in [3.63, 3.8) is 0 Å². The van der Waals surface area contributed by atoms with Crippen LogP contribution in [0.2, 0.25) is 0 Å². The molecule has 0 saturated carbocycles. The van der Waals surface area contributed by atoms with Crippen molar-refractivity contribution in [1.29, 1.82) is 0 Å². The van der Waals surface area contributed by atoms with Crippen LogP contribution in [-0.4, -0.2) is 34.9 Å². The Labute approximate surface area is 286 Å². The van der Waals surface area contributed by atoms with Crippen molar-refractivity contribution in [2.75, 3.05) is 6.61 Å². The van der Waals surface area contributed by atoms with Crippen molar-refractivity contribution in [2.24, 2.45) is 0 Å². The van der Waals surface area contributed by atoms with Gasteiger partial charge in [-0.25, -0.2) is 0 Å². The molecule has 3 N–H and O–H groups in total. The summed E-state index contributed by atoms with van der Waals surface area (Å²) in [7, 11) is 0. The summed E-state index contributed by atoms with van der Waals surface area (Å²) in [4.78, 5) is 12.3. The van der Waals surface area contributed by atoms with Crippen molar-refractivity contribution in [1.82, 2.24) is 5.32 Å². The van der Waals surface area contributed by atoms with Gasteiger partial charge < -0.3 is 15.5 Å². The van der Waals surface area contributed by atoms with Gasteiger partial charge in [-0.15, -0.1) is 0 Å². The zero-order valence-corrected chi connectivity index (χ0v) is 30.6. The van der Waals surface area contributed by atoms with Gasteiger partial charge in [0, 0.05) is 6.42 Å². The summed E-state index contributed by atoms with van der Waals surface area (Å²) in [6, 6.07) is -0.646. The average molecular weight is 644 g/mol. The molecule has 0 radical (unpaired) electrons. The molecular weight excluding hydrogens is 566 g/mol. The quantitative estimate of drug-likeness (QED) is 0.0475. The molecule has 2 atom stereocenters. The van der Waals surface area contributed by atoms with Gasteiger partial charge in [0.05, 0.1) is 18.8 Å². The van der Waals surface area contributed by atoms with E-state index in [1.807, 2.05) is 6.08 Å². The highest BCUT2D eigenvalue weighted by molar-refractivity contribution is 5.76. The Bertz CT molecular complexity index is 741. The lowest BCUT2D eigenvalue weighted by atomic mass is 10.0. The monoisotopic (exact) mass is 644 g/mol. The Balaban J connectivity index is 3.68. The Morgan fingerprint density at radius 2 is 0.913 bits per heavy atom. The molecule has 0 saturated heterocycles. The molecule has 2 unspecified atom stereocenters. The van der Waals surface area contributed by atoms with Crippen LogP contribution < -0.4 is 5.32 Å². The Morgan fingerprint density at radius 1 is 0.522 bits per heavy atom. The number of aliphatic hydroxyl groups excluding tert-OH is 2. The molecule has 4 nitrogen and oxygen atoms in total. The van der Waals surface area contributed by atoms with Gasteiger partial charge in [-0.2, -0.15) is 0 Å². The molecule has 1 amide bonds. The third-order valence-corrected chi connectivity index (χ3v) is 8.78. The zero-order valence-electron chi connectivity index (χ0n) is 30.6. The predicted octanol–water partition coefficient (Wildman–Crippen LogP) is 12.0. The number of allylic oxidation sites excluding steroid dienone is 7. The van der Waals surface area contributed by atoms with E-state index in [-0.39, 0.29) is 12.5 Å². The van der Waals surface area contributed by atoms with E-state index in [4.69, 9.17) is 0 Å². The number of hydrogen-bond donors (Lipinski definition) is 3. The first-order valence-corrected chi connectivity index (χ1v) is 19.9. The highest BCUT2D eigenvalue weighted by Crippen LogP contribution is 2.13. The maximum Gasteiger partial charge on any atom is 0.220 e. The van der Waals surface area contributed by atoms with E-state index in [1.165, 1.54) is 122 Å². The molecule has 268 valence electrons. The van der Waals surface area contributed by atoms with Gasteiger partial charge in [0.25, 0.3) is 0 Å². The number of unbranched alkanes of at least 4 members (excludes halogenated alkanes) is 22. The number of amides is 1. The third kappa shape index (κ3) is 33.7. The maximum atomic E-state index is 12.3. The molecule has 0 fully saturated rings. The lowest BCUT2D eigenvalue weighted by Gasteiger charge is -2.19. The highest BCUT2D eigenvalue weighted by atomic mass is 16.3. The van der Waals surface area contributed by atoms with Crippen molar-refractivity contribution in [3.8, 4) is 0 Å². The van der Waals surface area contributed by atoms with Crippen LogP contribution in [0.1, 0.15) is 194 Å². The first kappa shape index (κ1) is 44.4. The minimum Gasteiger partial charge on any atom is -0.394 e. The minimum atomic E-state index is -0.867. The fraction of sp³-hybridized carbons (Fsp3) is 0.786. The first-order valence-electron chi connectivity index (χ1n) is 19.9. The number of aliphatic hydroxyl groups is 2. The van der Waals surface area contributed by atoms with Gasteiger partial charge in [0.15, 0.2) is 0 Å². The summed E-state index contributed by atoms with van der Waals surface area (Å²) in [5.74, 6) is -0.0896. The van der Waals surface area contributed by atoms with Crippen LogP contribution in [0.4, 0.5) is 0 Å². The number of nitrogens with one attached hydrogen (secondary N) is 1. The standard InChI is InChI=1S/C42H77NO3/c1-3-5-7-9-11-13-15-17-19-20-21-22-24-25-27-29-31-33-35-37-41(45)40(39-44)43-42(46)38-36-34-32-30-28-26-23-18-16-14-12-10-8-6-4-2/h12,14,18,23,27,29,35,37,40-41,44-45H,3-11,13,15-17,19-22,24-26,28,30-34,36,38-39H2,1-2H3,(H,43,46)/b14-12-,23-18-,29-27+,37-35+. The van der Waals surface area contributed by atoms with Crippen LogP contribution in [-0.2, 0) is 4.79 Å². The average Bonchev–Trinajstić information content (AvgIpc) is 3.06. The molecule has 0 aromatic carbocycles. The summed E-state index contributed by atoms with van der Waals surface area (Å²) in [5, 5.41) is 22.9. The summed E-state index contributed by atoms with van der Waals surface area (Å²) in [6.07, 6.45) is 50.6. The normalized spacial score (nSPS) is 13.6. The van der Waals surface area contributed by atoms with Gasteiger partial charge >= 0.3 is 0 Å². The first-order chi connectivity index (χ1) is 22.7. The topological polar surface area (TPSA) is 69.6 Å². The second-order valence-corrected chi connectivity index (χ2v) is 13.3. The van der Waals surface area contributed by atoms with E-state index in [2.05, 4.69) is 55.6 Å². The fourth-order valence-corrected chi connectivity index (χ4v) is 5.69. The number of carbonyl (C=O) groups excluding carboxylic acids is 1. The van der Waals surface area contributed by atoms with Gasteiger partial charge in [0.1, 0.15) is 0 Å². The summed E-state index contributed by atoms with van der Waals surface area (Å²) < 4.78 is 0. The molecule has 0 heterocycles. The van der Waals surface area contributed by atoms with Crippen molar-refractivity contribution in [2.45, 2.75) is 206 Å². The van der Waals surface area contributed by atoms with Crippen LogP contribution in [0.3, 0.4) is 0 Å². The van der Waals surface area contributed by atoms with Crippen LogP contribution in [0.25, 0.3) is 0 Å². The molecule has 0 aromatic heterocycles. The maximum absolute atomic E-state index is 12.3. The predicted molar refractivity (Wildman–Crippen MR) is 202 cm³/mol. The largest absolute Gasteiger partial charge is 0.394 e. The second-order valence-electron chi connectivity index (χ2n) is 13.3. The molecule has 4 heteroatoms. The van der Waals surface area contributed by atoms with Gasteiger partial charge in [-0.3, -0.25) is 4.79 Å². The Morgan fingerprint density at radius 3 is 1.43 bits per heavy atom. The Kier molecular flexibility index (Phi) is 36.4. The molecule has 0 aliphatic heterocycles. The zero-order chi connectivity index (χ0) is 33.6. The van der Waals surface area contributed by atoms with E-state index in [9.17, 15) is 15.0 Å². The molecule has 46 heavy (non-hydrogen) atoms. The molecule has 0 spiro atoms. The van der Waals surface area contributed by atoms with Crippen molar-refractivity contribution in [3.05, 3.63) is 48.6 Å². The van der Waals surface area contributed by atoms with Gasteiger partial charge in [-0.1, -0.05) is 172 Å². The SMILES string of the molecule is CCCCC/C=C\C/C=C\CCCCCCCC(=O)NC(CO)C(O)/C=C/CC/C=C/CCCCCCCCCCCCCCC. The van der Waals surface area contributed by atoms with Crippen LogP contribution in [0.5, 0.6) is 0 Å². The van der Waals surface area contributed by atoms with E-state index in [1.54, 1.807) is 6.08 Å². The molecule has 0 rings (SSSR count). The van der Waals surface area contributed by atoms with Crippen molar-refractivity contribution >= 4 is 5.91 Å². The molecule has 0 aromatic rings. The number of carbonyl (C=O) groups is 1. The smallest absolute Gasteiger partial charge is 0.220 e. The van der Waals surface area contributed by atoms with E-state index in [0.29, 0.717) is 6.42 Å².